The minimum atomic E-state index is -2.85. The number of carbonyl (C=O) groups is 7. The van der Waals surface area contributed by atoms with Crippen molar-refractivity contribution in [2.75, 3.05) is 47.3 Å². The van der Waals surface area contributed by atoms with E-state index in [2.05, 4.69) is 30.3 Å². The Kier molecular flexibility index (Phi) is 37.4. The number of nitrogens with one attached hydrogen (secondary N) is 2. The van der Waals surface area contributed by atoms with Gasteiger partial charge in [-0.2, -0.15) is 0 Å². The Labute approximate surface area is 741 Å². The zero-order valence-electron chi connectivity index (χ0n) is 73.5. The topological polar surface area (TPSA) is 358 Å². The molecule has 4 saturated heterocycles. The van der Waals surface area contributed by atoms with Gasteiger partial charge in [-0.25, -0.2) is 4.79 Å². The normalized spacial score (nSPS) is 26.4. The van der Waals surface area contributed by atoms with Crippen LogP contribution < -0.4 is 15.4 Å². The van der Waals surface area contributed by atoms with Crippen molar-refractivity contribution in [3.05, 3.63) is 245 Å². The van der Waals surface area contributed by atoms with Gasteiger partial charge in [0.2, 0.25) is 11.8 Å². The first kappa shape index (κ1) is 97.8. The van der Waals surface area contributed by atoms with Gasteiger partial charge >= 0.3 is 29.8 Å². The summed E-state index contributed by atoms with van der Waals surface area (Å²) in [7, 11) is 0.758. The van der Waals surface area contributed by atoms with Crippen molar-refractivity contribution in [3.63, 3.8) is 0 Å². The van der Waals surface area contributed by atoms with Gasteiger partial charge in [0.15, 0.2) is 31.1 Å². The first-order valence-electron chi connectivity index (χ1n) is 42.5. The minimum absolute atomic E-state index is 0.0307. The molecule has 2 amide bonds. The van der Waals surface area contributed by atoms with Crippen molar-refractivity contribution in [3.8, 4) is 5.75 Å². The van der Waals surface area contributed by atoms with E-state index in [0.717, 1.165) is 75.6 Å². The molecule has 127 heavy (non-hydrogen) atoms. The van der Waals surface area contributed by atoms with Crippen molar-refractivity contribution < 1.29 is 138 Å². The Bertz CT molecular complexity index is 4530. The summed E-state index contributed by atoms with van der Waals surface area (Å²) in [6, 6.07) is 61.9. The molecule has 0 aromatic heterocycles. The second-order valence-electron chi connectivity index (χ2n) is 32.6. The number of rotatable bonds is 45. The average Bonchev–Trinajstić information content (AvgIpc) is 0.752. The van der Waals surface area contributed by atoms with E-state index >= 15 is 4.79 Å². The molecule has 32 heteroatoms. The number of methoxy groups -OCH3 is 2. The van der Waals surface area contributed by atoms with Crippen LogP contribution in [0, 0.1) is 0 Å². The molecule has 686 valence electrons. The fraction of sp³-hybridized carbons (Fsp3) is 0.484. The average molecular weight is 1780 g/mol. The molecule has 31 nitrogen and oxygen atoms in total. The summed E-state index contributed by atoms with van der Waals surface area (Å²) in [5.41, 5.74) is 5.38. The van der Waals surface area contributed by atoms with Gasteiger partial charge in [0, 0.05) is 56.2 Å². The van der Waals surface area contributed by atoms with Crippen LogP contribution in [0.3, 0.4) is 0 Å². The van der Waals surface area contributed by atoms with Gasteiger partial charge in [-0.3, -0.25) is 28.8 Å². The Morgan fingerprint density at radius 3 is 1.28 bits per heavy atom. The third-order valence-corrected chi connectivity index (χ3v) is 23.2. The fourth-order valence-electron chi connectivity index (χ4n) is 15.4. The maximum atomic E-state index is 15.1. The summed E-state index contributed by atoms with van der Waals surface area (Å²) in [4.78, 5) is 95.0. The molecule has 0 aliphatic carbocycles. The molecule has 21 atom stereocenters. The number of hydrogen-bond acceptors (Lipinski definition) is 29. The molecule has 4 heterocycles. The molecule has 0 saturated carbocycles. The number of carbonyl (C=O) groups excluding carboxylic acids is 7. The summed E-state index contributed by atoms with van der Waals surface area (Å²) in [5.74, 6) is -8.84. The summed E-state index contributed by atoms with van der Waals surface area (Å²) < 4.78 is 141. The number of aliphatic hydroxyl groups is 1. The highest BCUT2D eigenvalue weighted by molar-refractivity contribution is 6.76. The number of aliphatic hydroxyl groups excluding tert-OH is 1. The van der Waals surface area contributed by atoms with Gasteiger partial charge in [0.25, 0.3) is 5.79 Å². The van der Waals surface area contributed by atoms with Crippen LogP contribution in [-0.2, 0) is 175 Å². The van der Waals surface area contributed by atoms with Crippen molar-refractivity contribution in [1.82, 2.24) is 10.6 Å². The van der Waals surface area contributed by atoms with Crippen LogP contribution in [0.25, 0.3) is 0 Å². The van der Waals surface area contributed by atoms with Crippen molar-refractivity contribution >= 4 is 49.7 Å². The van der Waals surface area contributed by atoms with Crippen molar-refractivity contribution in [1.29, 1.82) is 0 Å². The molecule has 4 aliphatic heterocycles. The van der Waals surface area contributed by atoms with E-state index in [9.17, 15) is 33.9 Å². The molecule has 0 unspecified atom stereocenters. The summed E-state index contributed by atoms with van der Waals surface area (Å²) in [6.45, 7) is 11.4. The second kappa shape index (κ2) is 48.6. The number of amides is 2. The number of benzene rings is 7. The van der Waals surface area contributed by atoms with Crippen LogP contribution in [0.5, 0.6) is 5.75 Å². The lowest BCUT2D eigenvalue weighted by molar-refractivity contribution is -0.389. The van der Waals surface area contributed by atoms with E-state index in [1.54, 1.807) is 24.3 Å². The predicted molar refractivity (Wildman–Crippen MR) is 458 cm³/mol. The molecule has 7 aromatic carbocycles. The third kappa shape index (κ3) is 29.4. The molecule has 0 spiro atoms. The smallest absolute Gasteiger partial charge is 0.366 e. The van der Waals surface area contributed by atoms with E-state index in [4.69, 9.17) is 99.5 Å². The van der Waals surface area contributed by atoms with Gasteiger partial charge in [0.05, 0.1) is 92.8 Å². The van der Waals surface area contributed by atoms with E-state index in [1.807, 2.05) is 182 Å². The molecule has 4 aliphatic rings. The lowest BCUT2D eigenvalue weighted by atomic mass is 9.87. The Morgan fingerprint density at radius 2 is 0.850 bits per heavy atom. The number of ether oxygens (including phenoxy) is 21. The largest absolute Gasteiger partial charge is 0.497 e. The van der Waals surface area contributed by atoms with Crippen LogP contribution in [0.4, 0.5) is 0 Å². The van der Waals surface area contributed by atoms with E-state index in [-0.39, 0.29) is 59.5 Å². The Hall–Kier alpha value is -9.79. The van der Waals surface area contributed by atoms with Crippen molar-refractivity contribution in [2.45, 2.75) is 248 Å². The van der Waals surface area contributed by atoms with Crippen LogP contribution in [0.1, 0.15) is 86.9 Å². The fourth-order valence-corrected chi connectivity index (χ4v) is 16.1. The molecule has 11 rings (SSSR count). The van der Waals surface area contributed by atoms with Crippen LogP contribution >= 0.6 is 0 Å². The molecule has 0 bridgehead atoms. The van der Waals surface area contributed by atoms with Crippen molar-refractivity contribution in [2.24, 2.45) is 0 Å². The SMILES string of the molecule is COC(=O)[C@@]1(OC[C@H]2O[C@@H](O[C@H]3[C@H](OCc4ccccc4)[C@@H](OCc4ccccc4)[C@H](O[C@H]4[C@H](OCc5ccccc5)[C@@H](OCc5ccccc5)[C@H](OCC[Si](C)(C)C)O[C@@H]4COCc4ccccc4)O[C@@H]3COCc3ccccc3)[C@H](NC(C)=O)[C@@H](OCc3ccc(OC)cc3)[C@H]2O)C[C@H](OC(C)=O)[C@@H](NC(C)=O)[C@H]([C@H](OC(C)=O)[C@@H](COC(C)=O)OC(C)=O)O1. The first-order valence-corrected chi connectivity index (χ1v) is 46.2. The number of hydrogen-bond donors (Lipinski definition) is 3. The van der Waals surface area contributed by atoms with Crippen LogP contribution in [-0.4, -0.2) is 230 Å². The van der Waals surface area contributed by atoms with Gasteiger partial charge < -0.3 is 115 Å². The molecular formula is C95H118N2O29Si. The summed E-state index contributed by atoms with van der Waals surface area (Å²) >= 11 is 0. The highest BCUT2D eigenvalue weighted by Crippen LogP contribution is 2.42. The maximum absolute atomic E-state index is 15.1. The molecule has 4 fully saturated rings. The zero-order valence-corrected chi connectivity index (χ0v) is 74.5. The number of esters is 5. The summed E-state index contributed by atoms with van der Waals surface area (Å²) in [6.07, 6.45) is -27.6. The van der Waals surface area contributed by atoms with E-state index < -0.39 is 198 Å². The van der Waals surface area contributed by atoms with Crippen LogP contribution in [0.15, 0.2) is 206 Å². The molecule has 7 aromatic rings. The second-order valence-corrected chi connectivity index (χ2v) is 38.3. The van der Waals surface area contributed by atoms with Gasteiger partial charge in [0.1, 0.15) is 97.7 Å². The highest BCUT2D eigenvalue weighted by atomic mass is 28.3. The monoisotopic (exact) mass is 1780 g/mol. The van der Waals surface area contributed by atoms with E-state index in [0.29, 0.717) is 23.5 Å². The highest BCUT2D eigenvalue weighted by Gasteiger charge is 2.62. The third-order valence-electron chi connectivity index (χ3n) is 21.4. The zero-order chi connectivity index (χ0) is 90.4. The van der Waals surface area contributed by atoms with E-state index in [1.165, 1.54) is 14.0 Å². The van der Waals surface area contributed by atoms with Crippen LogP contribution in [0.2, 0.25) is 25.7 Å². The van der Waals surface area contributed by atoms with Gasteiger partial charge in [-0.15, -0.1) is 0 Å². The standard InChI is InChI=1S/C95H118N2O29Si/c1-60(98)96-79-74(118-63(4)101)48-95(94(105)107-8,126-86(79)82(120-65(6)103)78(119-64(5)102)58-111-62(3)100)117-59-75-81(104)85(112-55-72-42-44-73(106-7)45-43-72)80(97-61(2)99)91(121-75)124-83-77(57-109-50-67-32-20-13-21-33-67)123-93(90(116-54-71-40-28-17-29-41-71)88(83)114-52-69-36-24-15-25-37-69)125-84-76(56-108-49-66-30-18-12-19-31-66)122-92(110-46-47-127(9,10)11)89(115-53-70-38-26-16-27-39-70)87(84)113-51-68-34-22-14-23-35-68/h12-45,74-93,104H,46-59H2,1-11H3,(H,96,98)(H,97,99)/t74-,75+,76+,77+,78+,79+,80+,81-,82+,83+,84+,85+,86+,87-,88-,89+,90+,91-,92+,93-,95+/m0/s1. The maximum Gasteiger partial charge on any atom is 0.366 e. The molecule has 0 radical (unpaired) electrons. The summed E-state index contributed by atoms with van der Waals surface area (Å²) in [5, 5.41) is 18.9. The Morgan fingerprint density at radius 1 is 0.441 bits per heavy atom. The molecule has 3 N–H and O–H groups in total. The van der Waals surface area contributed by atoms with Gasteiger partial charge in [-0.05, 0) is 57.1 Å². The minimum Gasteiger partial charge on any atom is -0.497 e. The Balaban J connectivity index is 1.07. The predicted octanol–water partition coefficient (Wildman–Crippen LogP) is 10.1. The quantitative estimate of drug-likeness (QED) is 0.0181. The molecular weight excluding hydrogens is 1660 g/mol. The lowest BCUT2D eigenvalue weighted by Gasteiger charge is -2.52. The van der Waals surface area contributed by atoms with Gasteiger partial charge in [-0.1, -0.05) is 214 Å². The first-order chi connectivity index (χ1) is 61.2. The lowest BCUT2D eigenvalue weighted by Crippen LogP contribution is -2.70.